The first-order valence-electron chi connectivity index (χ1n) is 9.37. The van der Waals surface area contributed by atoms with Crippen molar-refractivity contribution in [3.05, 3.63) is 106 Å². The van der Waals surface area contributed by atoms with Gasteiger partial charge in [-0.25, -0.2) is 0 Å². The lowest BCUT2D eigenvalue weighted by atomic mass is 9.79. The topological polar surface area (TPSA) is 34.1 Å². The van der Waals surface area contributed by atoms with E-state index in [1.54, 1.807) is 18.2 Å². The highest BCUT2D eigenvalue weighted by molar-refractivity contribution is 6.33. The molecular formula is C26H18O2. The van der Waals surface area contributed by atoms with Crippen LogP contribution in [0.5, 0.6) is 0 Å². The van der Waals surface area contributed by atoms with E-state index in [9.17, 15) is 9.59 Å². The normalized spacial score (nSPS) is 12.8. The first-order valence-corrected chi connectivity index (χ1v) is 9.37. The first kappa shape index (κ1) is 16.6. The smallest absolute Gasteiger partial charge is 0.195 e. The van der Waals surface area contributed by atoms with Crippen LogP contribution < -0.4 is 0 Å². The number of fused-ring (bicyclic) bond motifs is 4. The highest BCUT2D eigenvalue weighted by Gasteiger charge is 2.32. The molecule has 0 heterocycles. The molecule has 0 amide bonds. The van der Waals surface area contributed by atoms with Gasteiger partial charge in [0.2, 0.25) is 0 Å². The van der Waals surface area contributed by atoms with Crippen LogP contribution in [0.1, 0.15) is 43.0 Å². The van der Waals surface area contributed by atoms with Crippen molar-refractivity contribution in [1.29, 1.82) is 0 Å². The third-order valence-electron chi connectivity index (χ3n) is 5.54. The summed E-state index contributed by atoms with van der Waals surface area (Å²) in [6.07, 6.45) is 0. The lowest BCUT2D eigenvalue weighted by Crippen LogP contribution is -2.21. The number of aryl methyl sites for hydroxylation is 2. The van der Waals surface area contributed by atoms with Gasteiger partial charge in [0, 0.05) is 22.3 Å². The zero-order valence-electron chi connectivity index (χ0n) is 15.7. The fourth-order valence-corrected chi connectivity index (χ4v) is 4.09. The Kier molecular flexibility index (Phi) is 3.56. The van der Waals surface area contributed by atoms with Gasteiger partial charge in [0.1, 0.15) is 0 Å². The van der Waals surface area contributed by atoms with Gasteiger partial charge in [-0.05, 0) is 41.8 Å². The van der Waals surface area contributed by atoms with E-state index in [0.29, 0.717) is 22.3 Å². The lowest BCUT2D eigenvalue weighted by Gasteiger charge is -2.21. The molecule has 4 aromatic carbocycles. The molecule has 1 aliphatic carbocycles. The largest absolute Gasteiger partial charge is 0.289 e. The average molecular weight is 362 g/mol. The quantitative estimate of drug-likeness (QED) is 0.372. The first-order chi connectivity index (χ1) is 13.5. The van der Waals surface area contributed by atoms with Gasteiger partial charge >= 0.3 is 0 Å². The molecule has 0 radical (unpaired) electrons. The Morgan fingerprint density at radius 1 is 0.536 bits per heavy atom. The van der Waals surface area contributed by atoms with Crippen LogP contribution in [0.25, 0.3) is 21.9 Å². The molecule has 1 aliphatic rings. The monoisotopic (exact) mass is 362 g/mol. The molecule has 0 unspecified atom stereocenters. The minimum atomic E-state index is -0.0815. The number of carbonyl (C=O) groups excluding carboxylic acids is 2. The zero-order chi connectivity index (χ0) is 19.4. The minimum absolute atomic E-state index is 0.0729. The molecule has 0 aliphatic heterocycles. The van der Waals surface area contributed by atoms with Gasteiger partial charge in [-0.15, -0.1) is 0 Å². The Hall–Kier alpha value is -3.52. The second kappa shape index (κ2) is 6.00. The second-order valence-corrected chi connectivity index (χ2v) is 7.47. The Balaban J connectivity index is 1.90. The van der Waals surface area contributed by atoms with Gasteiger partial charge in [0.15, 0.2) is 11.6 Å². The highest BCUT2D eigenvalue weighted by atomic mass is 16.1. The molecule has 0 atom stereocenters. The molecule has 0 bridgehead atoms. The molecule has 4 aromatic rings. The van der Waals surface area contributed by atoms with E-state index in [4.69, 9.17) is 0 Å². The van der Waals surface area contributed by atoms with Crippen LogP contribution in [0, 0.1) is 13.8 Å². The predicted molar refractivity (Wildman–Crippen MR) is 112 cm³/mol. The van der Waals surface area contributed by atoms with Crippen LogP contribution in [-0.4, -0.2) is 11.6 Å². The summed E-state index contributed by atoms with van der Waals surface area (Å²) in [5, 5.41) is 1.84. The van der Waals surface area contributed by atoms with Crippen LogP contribution in [0.2, 0.25) is 0 Å². The number of benzene rings is 4. The number of hydrogen-bond acceptors (Lipinski definition) is 2. The summed E-state index contributed by atoms with van der Waals surface area (Å²) in [5.74, 6) is -0.154. The van der Waals surface area contributed by atoms with Gasteiger partial charge in [0.25, 0.3) is 0 Å². The number of ketones is 2. The Morgan fingerprint density at radius 2 is 1.18 bits per heavy atom. The van der Waals surface area contributed by atoms with Crippen LogP contribution in [0.3, 0.4) is 0 Å². The van der Waals surface area contributed by atoms with E-state index in [1.807, 2.05) is 25.1 Å². The molecule has 0 fully saturated rings. The fraction of sp³-hybridized carbons (Fsp3) is 0.0769. The van der Waals surface area contributed by atoms with Crippen molar-refractivity contribution in [3.8, 4) is 11.1 Å². The van der Waals surface area contributed by atoms with Crippen LogP contribution >= 0.6 is 0 Å². The van der Waals surface area contributed by atoms with Crippen LogP contribution in [0.15, 0.2) is 72.8 Å². The standard InChI is InChI=1S/C26H18O2/c1-15-7-10-17(11-8-15)21-14-23-24(22-13-16(2)9-12-18(21)22)26(28)20-6-4-3-5-19(20)25(23)27/h3-14H,1-2H3. The molecule has 0 N–H and O–H groups in total. The van der Waals surface area contributed by atoms with E-state index in [-0.39, 0.29) is 11.6 Å². The van der Waals surface area contributed by atoms with E-state index >= 15 is 0 Å². The molecule has 5 rings (SSSR count). The average Bonchev–Trinajstić information content (AvgIpc) is 2.71. The Morgan fingerprint density at radius 3 is 1.89 bits per heavy atom. The summed E-state index contributed by atoms with van der Waals surface area (Å²) >= 11 is 0. The third-order valence-corrected chi connectivity index (χ3v) is 5.54. The summed E-state index contributed by atoms with van der Waals surface area (Å²) < 4.78 is 0. The van der Waals surface area contributed by atoms with Crippen molar-refractivity contribution in [2.75, 3.05) is 0 Å². The summed E-state index contributed by atoms with van der Waals surface area (Å²) in [6, 6.07) is 23.4. The van der Waals surface area contributed by atoms with Crippen molar-refractivity contribution >= 4 is 22.3 Å². The maximum Gasteiger partial charge on any atom is 0.195 e. The summed E-state index contributed by atoms with van der Waals surface area (Å²) in [5.41, 5.74) is 6.27. The molecule has 0 aromatic heterocycles. The second-order valence-electron chi connectivity index (χ2n) is 7.47. The lowest BCUT2D eigenvalue weighted by molar-refractivity contribution is 0.0980. The molecule has 0 spiro atoms. The van der Waals surface area contributed by atoms with Gasteiger partial charge in [0.05, 0.1) is 0 Å². The number of hydrogen-bond donors (Lipinski definition) is 0. The van der Waals surface area contributed by atoms with Gasteiger partial charge in [-0.1, -0.05) is 77.9 Å². The third kappa shape index (κ3) is 2.35. The van der Waals surface area contributed by atoms with Crippen molar-refractivity contribution < 1.29 is 9.59 Å². The van der Waals surface area contributed by atoms with Gasteiger partial charge < -0.3 is 0 Å². The van der Waals surface area contributed by atoms with E-state index in [1.165, 1.54) is 5.56 Å². The van der Waals surface area contributed by atoms with Crippen LogP contribution in [0.4, 0.5) is 0 Å². The Labute approximate surface area is 163 Å². The van der Waals surface area contributed by atoms with Crippen molar-refractivity contribution in [2.45, 2.75) is 13.8 Å². The molecule has 0 saturated carbocycles. The van der Waals surface area contributed by atoms with Crippen molar-refractivity contribution in [2.24, 2.45) is 0 Å². The Bertz CT molecular complexity index is 1290. The maximum atomic E-state index is 13.3. The van der Waals surface area contributed by atoms with Gasteiger partial charge in [-0.2, -0.15) is 0 Å². The maximum absolute atomic E-state index is 13.3. The van der Waals surface area contributed by atoms with Crippen molar-refractivity contribution in [3.63, 3.8) is 0 Å². The van der Waals surface area contributed by atoms with Gasteiger partial charge in [-0.3, -0.25) is 9.59 Å². The SMILES string of the molecule is Cc1ccc(-c2cc3c(c4cc(C)ccc24)C(=O)c2ccccc2C3=O)cc1. The minimum Gasteiger partial charge on any atom is -0.289 e. The number of rotatable bonds is 1. The molecule has 2 nitrogen and oxygen atoms in total. The summed E-state index contributed by atoms with van der Waals surface area (Å²) in [6.45, 7) is 4.06. The zero-order valence-corrected chi connectivity index (χ0v) is 15.7. The highest BCUT2D eigenvalue weighted by Crippen LogP contribution is 2.38. The summed E-state index contributed by atoms with van der Waals surface area (Å²) in [7, 11) is 0. The van der Waals surface area contributed by atoms with Crippen molar-refractivity contribution in [1.82, 2.24) is 0 Å². The fourth-order valence-electron chi connectivity index (χ4n) is 4.09. The summed E-state index contributed by atoms with van der Waals surface area (Å²) in [4.78, 5) is 26.6. The molecular weight excluding hydrogens is 344 g/mol. The molecule has 0 saturated heterocycles. The molecule has 2 heteroatoms. The molecule has 28 heavy (non-hydrogen) atoms. The molecule has 134 valence electrons. The number of carbonyl (C=O) groups is 2. The van der Waals surface area contributed by atoms with E-state index in [0.717, 1.165) is 27.5 Å². The van der Waals surface area contributed by atoms with E-state index < -0.39 is 0 Å². The predicted octanol–water partition coefficient (Wildman–Crippen LogP) is 5.90. The van der Waals surface area contributed by atoms with E-state index in [2.05, 4.69) is 43.3 Å². The van der Waals surface area contributed by atoms with Crippen LogP contribution in [-0.2, 0) is 0 Å².